The second kappa shape index (κ2) is 5.64. The topological polar surface area (TPSA) is 35.6 Å². The Kier molecular flexibility index (Phi) is 3.57. The van der Waals surface area contributed by atoms with E-state index in [-0.39, 0.29) is 11.3 Å². The minimum Gasteiger partial charge on any atom is -0.378 e. The molecule has 4 rings (SSSR count). The molecule has 2 aromatic carbocycles. The van der Waals surface area contributed by atoms with Crippen molar-refractivity contribution in [2.24, 2.45) is 0 Å². The van der Waals surface area contributed by atoms with Crippen LogP contribution in [0, 0.1) is 0 Å². The fraction of sp³-hybridized carbons (Fsp3) is 0.350. The lowest BCUT2D eigenvalue weighted by Crippen LogP contribution is -2.37. The molecule has 2 aromatic rings. The van der Waals surface area contributed by atoms with Gasteiger partial charge in [0.25, 0.3) is 0 Å². The Balaban J connectivity index is 1.55. The number of anilines is 2. The number of carbonyl (C=O) groups is 1. The number of nitrogens with zero attached hydrogens (tertiary/aromatic N) is 2. The first kappa shape index (κ1) is 15.2. The molecule has 1 fully saturated rings. The molecule has 4 nitrogen and oxygen atoms in total. The molecule has 1 N–H and O–H groups in total. The first-order valence-electron chi connectivity index (χ1n) is 8.48. The Labute approximate surface area is 143 Å². The highest BCUT2D eigenvalue weighted by Crippen LogP contribution is 2.44. The van der Waals surface area contributed by atoms with Gasteiger partial charge in [0.1, 0.15) is 0 Å². The Hall–Kier alpha value is -2.33. The molecule has 0 radical (unpaired) electrons. The van der Waals surface area contributed by atoms with Crippen LogP contribution in [0.1, 0.15) is 17.5 Å². The van der Waals surface area contributed by atoms with E-state index in [1.165, 1.54) is 16.8 Å². The number of hydrogen-bond acceptors (Lipinski definition) is 3. The van der Waals surface area contributed by atoms with E-state index >= 15 is 0 Å². The molecule has 1 spiro atoms. The van der Waals surface area contributed by atoms with Gasteiger partial charge in [0, 0.05) is 38.6 Å². The van der Waals surface area contributed by atoms with Crippen LogP contribution >= 0.6 is 0 Å². The summed E-state index contributed by atoms with van der Waals surface area (Å²) in [5, 5.41) is 3.07. The van der Waals surface area contributed by atoms with Crippen LogP contribution in [-0.2, 0) is 16.8 Å². The zero-order valence-electron chi connectivity index (χ0n) is 14.2. The predicted molar refractivity (Wildman–Crippen MR) is 97.4 cm³/mol. The SMILES string of the molecule is CN(C)c1cccc(CN2CCC3(C2)C(=O)Nc2ccccc23)c1. The van der Waals surface area contributed by atoms with Gasteiger partial charge in [-0.1, -0.05) is 30.3 Å². The van der Waals surface area contributed by atoms with E-state index in [0.29, 0.717) is 0 Å². The first-order chi connectivity index (χ1) is 11.6. The highest BCUT2D eigenvalue weighted by molar-refractivity contribution is 6.06. The van der Waals surface area contributed by atoms with Crippen molar-refractivity contribution in [1.29, 1.82) is 0 Å². The van der Waals surface area contributed by atoms with Crippen molar-refractivity contribution in [3.8, 4) is 0 Å². The molecular weight excluding hydrogens is 298 g/mol. The number of likely N-dealkylation sites (tertiary alicyclic amines) is 1. The molecular formula is C20H23N3O. The summed E-state index contributed by atoms with van der Waals surface area (Å²) >= 11 is 0. The normalized spacial score (nSPS) is 22.7. The van der Waals surface area contributed by atoms with E-state index in [4.69, 9.17) is 0 Å². The first-order valence-corrected chi connectivity index (χ1v) is 8.48. The molecule has 24 heavy (non-hydrogen) atoms. The number of fused-ring (bicyclic) bond motifs is 2. The molecule has 2 heterocycles. The van der Waals surface area contributed by atoms with Gasteiger partial charge < -0.3 is 10.2 Å². The van der Waals surface area contributed by atoms with Crippen molar-refractivity contribution in [3.05, 3.63) is 59.7 Å². The quantitative estimate of drug-likeness (QED) is 0.944. The summed E-state index contributed by atoms with van der Waals surface area (Å²) in [7, 11) is 4.12. The van der Waals surface area contributed by atoms with Gasteiger partial charge in [-0.15, -0.1) is 0 Å². The summed E-state index contributed by atoms with van der Waals surface area (Å²) in [6.45, 7) is 2.63. The highest BCUT2D eigenvalue weighted by atomic mass is 16.2. The Morgan fingerprint density at radius 2 is 2.00 bits per heavy atom. The van der Waals surface area contributed by atoms with Gasteiger partial charge in [-0.3, -0.25) is 9.69 Å². The standard InChI is InChI=1S/C20H23N3O/c1-22(2)16-7-5-6-15(12-16)13-23-11-10-20(14-23)17-8-3-4-9-18(17)21-19(20)24/h3-9,12H,10-11,13-14H2,1-2H3,(H,21,24). The molecule has 0 aromatic heterocycles. The smallest absolute Gasteiger partial charge is 0.236 e. The van der Waals surface area contributed by atoms with Crippen LogP contribution in [-0.4, -0.2) is 38.0 Å². The van der Waals surface area contributed by atoms with Crippen LogP contribution in [0.15, 0.2) is 48.5 Å². The van der Waals surface area contributed by atoms with Gasteiger partial charge >= 0.3 is 0 Å². The minimum absolute atomic E-state index is 0.160. The maximum absolute atomic E-state index is 12.7. The van der Waals surface area contributed by atoms with E-state index in [9.17, 15) is 4.79 Å². The largest absolute Gasteiger partial charge is 0.378 e. The molecule has 0 bridgehead atoms. The van der Waals surface area contributed by atoms with Crippen LogP contribution in [0.25, 0.3) is 0 Å². The lowest BCUT2D eigenvalue weighted by atomic mass is 9.81. The molecule has 1 unspecified atom stereocenters. The van der Waals surface area contributed by atoms with Gasteiger partial charge in [-0.25, -0.2) is 0 Å². The van der Waals surface area contributed by atoms with Crippen molar-refractivity contribution in [2.45, 2.75) is 18.4 Å². The molecule has 1 atom stereocenters. The van der Waals surface area contributed by atoms with Crippen LogP contribution in [0.2, 0.25) is 0 Å². The third-order valence-corrected chi connectivity index (χ3v) is 5.31. The van der Waals surface area contributed by atoms with Gasteiger partial charge in [0.05, 0.1) is 5.41 Å². The Morgan fingerprint density at radius 3 is 2.83 bits per heavy atom. The zero-order valence-corrected chi connectivity index (χ0v) is 14.2. The summed E-state index contributed by atoms with van der Waals surface area (Å²) in [5.74, 6) is 0.160. The Morgan fingerprint density at radius 1 is 1.17 bits per heavy atom. The second-order valence-corrected chi connectivity index (χ2v) is 7.11. The number of amides is 1. The molecule has 1 saturated heterocycles. The number of nitrogens with one attached hydrogen (secondary N) is 1. The van der Waals surface area contributed by atoms with E-state index in [2.05, 4.69) is 59.5 Å². The zero-order chi connectivity index (χ0) is 16.7. The Bertz CT molecular complexity index is 786. The summed E-state index contributed by atoms with van der Waals surface area (Å²) in [4.78, 5) is 17.2. The number of rotatable bonds is 3. The lowest BCUT2D eigenvalue weighted by Gasteiger charge is -2.23. The van der Waals surface area contributed by atoms with Crippen LogP contribution in [0.4, 0.5) is 11.4 Å². The molecule has 1 amide bonds. The monoisotopic (exact) mass is 321 g/mol. The van der Waals surface area contributed by atoms with E-state index in [0.717, 1.165) is 31.7 Å². The van der Waals surface area contributed by atoms with Crippen molar-refractivity contribution in [1.82, 2.24) is 4.90 Å². The highest BCUT2D eigenvalue weighted by Gasteiger charge is 2.50. The van der Waals surface area contributed by atoms with Gasteiger partial charge in [-0.05, 0) is 42.3 Å². The third kappa shape index (κ3) is 2.38. The lowest BCUT2D eigenvalue weighted by molar-refractivity contribution is -0.120. The summed E-state index contributed by atoms with van der Waals surface area (Å²) < 4.78 is 0. The van der Waals surface area contributed by atoms with Gasteiger partial charge in [0.15, 0.2) is 0 Å². The molecule has 4 heteroatoms. The molecule has 2 aliphatic heterocycles. The molecule has 2 aliphatic rings. The van der Waals surface area contributed by atoms with E-state index in [1.54, 1.807) is 0 Å². The number of benzene rings is 2. The molecule has 0 aliphatic carbocycles. The summed E-state index contributed by atoms with van der Waals surface area (Å²) in [5.41, 5.74) is 4.30. The second-order valence-electron chi connectivity index (χ2n) is 7.11. The van der Waals surface area contributed by atoms with E-state index in [1.807, 2.05) is 18.2 Å². The predicted octanol–water partition coefficient (Wildman–Crippen LogP) is 2.85. The number of para-hydroxylation sites is 1. The number of carbonyl (C=O) groups excluding carboxylic acids is 1. The van der Waals surface area contributed by atoms with E-state index < -0.39 is 0 Å². The minimum atomic E-state index is -0.365. The molecule has 124 valence electrons. The van der Waals surface area contributed by atoms with Crippen LogP contribution < -0.4 is 10.2 Å². The number of hydrogen-bond donors (Lipinski definition) is 1. The molecule has 0 saturated carbocycles. The fourth-order valence-corrected chi connectivity index (χ4v) is 3.99. The van der Waals surface area contributed by atoms with Crippen molar-refractivity contribution in [2.75, 3.05) is 37.4 Å². The van der Waals surface area contributed by atoms with Gasteiger partial charge in [0.2, 0.25) is 5.91 Å². The van der Waals surface area contributed by atoms with Crippen LogP contribution in [0.3, 0.4) is 0 Å². The van der Waals surface area contributed by atoms with Crippen molar-refractivity contribution < 1.29 is 4.79 Å². The summed E-state index contributed by atoms with van der Waals surface area (Å²) in [6.07, 6.45) is 0.892. The van der Waals surface area contributed by atoms with Crippen molar-refractivity contribution in [3.63, 3.8) is 0 Å². The average molecular weight is 321 g/mol. The van der Waals surface area contributed by atoms with Crippen molar-refractivity contribution >= 4 is 17.3 Å². The van der Waals surface area contributed by atoms with Gasteiger partial charge in [-0.2, -0.15) is 0 Å². The maximum Gasteiger partial charge on any atom is 0.236 e. The van der Waals surface area contributed by atoms with Crippen LogP contribution in [0.5, 0.6) is 0 Å². The maximum atomic E-state index is 12.7. The fourth-order valence-electron chi connectivity index (χ4n) is 3.99. The summed E-state index contributed by atoms with van der Waals surface area (Å²) in [6, 6.07) is 16.7. The third-order valence-electron chi connectivity index (χ3n) is 5.31. The average Bonchev–Trinajstić information content (AvgIpc) is 3.11.